The number of carbonyl (C=O) groups is 2. The minimum atomic E-state index is -4.21. The number of allylic oxidation sites excluding steroid dienone is 2. The van der Waals surface area contributed by atoms with Crippen LogP contribution < -0.4 is 18.8 Å². The first-order valence-corrected chi connectivity index (χ1v) is 10.3. The molecule has 0 aliphatic heterocycles. The molecule has 2 aromatic carbocycles. The first kappa shape index (κ1) is 23.6. The lowest BCUT2D eigenvalue weighted by atomic mass is 10.1. The van der Waals surface area contributed by atoms with Gasteiger partial charge in [-0.05, 0) is 47.5 Å². The summed E-state index contributed by atoms with van der Waals surface area (Å²) in [7, 11) is -1.48. The average Bonchev–Trinajstić information content (AvgIpc) is 2.71. The molecule has 3 N–H and O–H groups in total. The smallest absolute Gasteiger partial charge is 0.380 e. The lowest BCUT2D eigenvalue weighted by Gasteiger charge is -2.08. The van der Waals surface area contributed by atoms with Crippen molar-refractivity contribution < 1.29 is 36.8 Å². The maximum atomic E-state index is 12.0. The van der Waals surface area contributed by atoms with Gasteiger partial charge in [-0.25, -0.2) is 0 Å². The van der Waals surface area contributed by atoms with Crippen LogP contribution in [0.15, 0.2) is 48.6 Å². The van der Waals surface area contributed by atoms with Gasteiger partial charge in [0, 0.05) is 0 Å². The van der Waals surface area contributed by atoms with Gasteiger partial charge in [0.05, 0.1) is 20.6 Å². The van der Waals surface area contributed by atoms with Crippen LogP contribution in [-0.4, -0.2) is 39.3 Å². The number of ether oxygens (including phenoxy) is 2. The Kier molecular flexibility index (Phi) is 7.94. The fourth-order valence-corrected chi connectivity index (χ4v) is 2.84. The Labute approximate surface area is 179 Å². The minimum Gasteiger partial charge on any atom is -0.504 e. The van der Waals surface area contributed by atoms with Crippen LogP contribution in [0.25, 0.3) is 12.2 Å². The van der Waals surface area contributed by atoms with Crippen molar-refractivity contribution in [1.82, 2.24) is 0 Å². The summed E-state index contributed by atoms with van der Waals surface area (Å²) in [4.78, 5) is 24.1. The minimum absolute atomic E-state index is 0.0211. The fraction of sp³-hybridized carbons (Fsp3) is 0.143. The van der Waals surface area contributed by atoms with Gasteiger partial charge in [0.15, 0.2) is 34.6 Å². The third kappa shape index (κ3) is 7.61. The highest BCUT2D eigenvalue weighted by atomic mass is 32.2. The molecular weight excluding hydrogens is 426 g/mol. The van der Waals surface area contributed by atoms with Gasteiger partial charge in [-0.15, -0.1) is 0 Å². The fourth-order valence-electron chi connectivity index (χ4n) is 2.45. The van der Waals surface area contributed by atoms with E-state index in [1.165, 1.54) is 62.8 Å². The highest BCUT2D eigenvalue weighted by Gasteiger charge is 2.11. The van der Waals surface area contributed by atoms with Crippen molar-refractivity contribution in [3.63, 3.8) is 0 Å². The molecule has 2 rings (SSSR count). The monoisotopic (exact) mass is 447 g/mol. The summed E-state index contributed by atoms with van der Waals surface area (Å²) < 4.78 is 36.7. The van der Waals surface area contributed by atoms with Crippen molar-refractivity contribution in [2.45, 2.75) is 6.42 Å². The molecule has 0 saturated heterocycles. The molecule has 0 aliphatic rings. The third-order valence-electron chi connectivity index (χ3n) is 3.87. The number of rotatable bonds is 10. The maximum absolute atomic E-state index is 12.0. The third-order valence-corrected chi connectivity index (χ3v) is 4.28. The predicted molar refractivity (Wildman–Crippen MR) is 114 cm³/mol. The number of hydrogen-bond acceptors (Lipinski definition) is 8. The molecule has 2 aromatic rings. The van der Waals surface area contributed by atoms with Crippen molar-refractivity contribution >= 4 is 34.0 Å². The van der Waals surface area contributed by atoms with Gasteiger partial charge in [-0.3, -0.25) is 9.59 Å². The molecule has 31 heavy (non-hydrogen) atoms. The van der Waals surface area contributed by atoms with E-state index in [0.717, 1.165) is 0 Å². The van der Waals surface area contributed by atoms with E-state index in [4.69, 9.17) is 14.6 Å². The maximum Gasteiger partial charge on any atom is 0.380 e. The largest absolute Gasteiger partial charge is 0.504 e. The Hall–Kier alpha value is -3.63. The van der Waals surface area contributed by atoms with Crippen molar-refractivity contribution in [2.75, 3.05) is 14.2 Å². The molecule has 0 radical (unpaired) electrons. The van der Waals surface area contributed by atoms with Gasteiger partial charge in [0.25, 0.3) is 0 Å². The molecule has 10 heteroatoms. The van der Waals surface area contributed by atoms with Gasteiger partial charge < -0.3 is 18.8 Å². The molecule has 0 aliphatic carbocycles. The summed E-state index contributed by atoms with van der Waals surface area (Å²) in [5.74, 6) is -0.582. The quantitative estimate of drug-likeness (QED) is 0.417. The van der Waals surface area contributed by atoms with Gasteiger partial charge in [-0.2, -0.15) is 13.6 Å². The molecule has 164 valence electrons. The van der Waals surface area contributed by atoms with Crippen LogP contribution in [-0.2, 0) is 19.9 Å². The zero-order valence-electron chi connectivity index (χ0n) is 16.8. The van der Waals surface area contributed by atoms with E-state index in [2.05, 4.69) is 4.18 Å². The Balaban J connectivity index is 2.01. The first-order chi connectivity index (χ1) is 14.6. The summed E-state index contributed by atoms with van der Waals surface area (Å²) in [6, 6.07) is 8.85. The van der Waals surface area contributed by atoms with Crippen LogP contribution in [0.4, 0.5) is 0 Å². The standard InChI is InChI=1S/C21H21NO8S/c1-28-20-11-14(5-9-18(20)25)3-7-16(23)13-17(24)8-4-15-6-10-19(21(12-15)29-2)30-31(22,26)27/h3-12,25H,13H2,1-2H3,(H2,22,26,27)/b7-3+,8-4+. The predicted octanol–water partition coefficient (Wildman–Crippen LogP) is 2.25. The molecule has 0 heterocycles. The second-order valence-corrected chi connectivity index (χ2v) is 7.35. The summed E-state index contributed by atoms with van der Waals surface area (Å²) in [6.07, 6.45) is 5.11. The average molecular weight is 447 g/mol. The van der Waals surface area contributed by atoms with Crippen LogP contribution in [0.1, 0.15) is 17.5 Å². The van der Waals surface area contributed by atoms with Crippen LogP contribution in [0.2, 0.25) is 0 Å². The van der Waals surface area contributed by atoms with E-state index in [1.54, 1.807) is 12.1 Å². The Morgan fingerprint density at radius 1 is 0.903 bits per heavy atom. The normalized spacial score (nSPS) is 11.6. The first-order valence-electron chi connectivity index (χ1n) is 8.80. The van der Waals surface area contributed by atoms with Crippen molar-refractivity contribution in [3.8, 4) is 23.0 Å². The van der Waals surface area contributed by atoms with Crippen molar-refractivity contribution in [2.24, 2.45) is 5.14 Å². The highest BCUT2D eigenvalue weighted by molar-refractivity contribution is 7.84. The number of ketones is 2. The van der Waals surface area contributed by atoms with E-state index < -0.39 is 21.9 Å². The molecule has 0 unspecified atom stereocenters. The summed E-state index contributed by atoms with van der Waals surface area (Å²) in [5.41, 5.74) is 1.14. The number of carbonyl (C=O) groups excluding carboxylic acids is 2. The molecule has 0 fully saturated rings. The van der Waals surface area contributed by atoms with E-state index in [-0.39, 0.29) is 29.4 Å². The number of hydrogen-bond donors (Lipinski definition) is 2. The van der Waals surface area contributed by atoms with Crippen molar-refractivity contribution in [3.05, 3.63) is 59.7 Å². The van der Waals surface area contributed by atoms with E-state index >= 15 is 0 Å². The summed E-state index contributed by atoms with van der Waals surface area (Å²) >= 11 is 0. The molecule has 0 saturated carbocycles. The van der Waals surface area contributed by atoms with Gasteiger partial charge in [-0.1, -0.05) is 24.3 Å². The number of nitrogens with two attached hydrogens (primary N) is 1. The Morgan fingerprint density at radius 3 is 1.94 bits per heavy atom. The van der Waals surface area contributed by atoms with E-state index in [0.29, 0.717) is 11.1 Å². The Morgan fingerprint density at radius 2 is 1.42 bits per heavy atom. The van der Waals surface area contributed by atoms with Gasteiger partial charge in [0.2, 0.25) is 0 Å². The number of benzene rings is 2. The van der Waals surface area contributed by atoms with Crippen LogP contribution >= 0.6 is 0 Å². The van der Waals surface area contributed by atoms with Gasteiger partial charge >= 0.3 is 10.3 Å². The molecule has 0 bridgehead atoms. The number of phenolic OH excluding ortho intramolecular Hbond substituents is 1. The molecular formula is C21H21NO8S. The highest BCUT2D eigenvalue weighted by Crippen LogP contribution is 2.29. The zero-order valence-corrected chi connectivity index (χ0v) is 17.6. The molecule has 0 atom stereocenters. The zero-order chi connectivity index (χ0) is 23.0. The molecule has 0 aromatic heterocycles. The van der Waals surface area contributed by atoms with E-state index in [9.17, 15) is 23.1 Å². The second-order valence-electron chi connectivity index (χ2n) is 6.19. The van der Waals surface area contributed by atoms with Crippen LogP contribution in [0.5, 0.6) is 23.0 Å². The lowest BCUT2D eigenvalue weighted by Crippen LogP contribution is -2.19. The molecule has 0 spiro atoms. The summed E-state index contributed by atoms with van der Waals surface area (Å²) in [6.45, 7) is 0. The Bertz CT molecular complexity index is 1140. The topological polar surface area (TPSA) is 142 Å². The lowest BCUT2D eigenvalue weighted by molar-refractivity contribution is -0.121. The molecule has 0 amide bonds. The second kappa shape index (κ2) is 10.4. The number of methoxy groups -OCH3 is 2. The van der Waals surface area contributed by atoms with Gasteiger partial charge in [0.1, 0.15) is 0 Å². The van der Waals surface area contributed by atoms with Crippen molar-refractivity contribution in [1.29, 1.82) is 0 Å². The summed E-state index contributed by atoms with van der Waals surface area (Å²) in [5, 5.41) is 14.4. The SMILES string of the molecule is COc1cc(/C=C/C(=O)CC(=O)/C=C/c2ccc(OS(N)(=O)=O)c(OC)c2)ccc1O. The van der Waals surface area contributed by atoms with Crippen LogP contribution in [0.3, 0.4) is 0 Å². The number of aromatic hydroxyl groups is 1. The van der Waals surface area contributed by atoms with Crippen LogP contribution in [0, 0.1) is 0 Å². The molecule has 9 nitrogen and oxygen atoms in total. The number of phenols is 1. The van der Waals surface area contributed by atoms with E-state index in [1.807, 2.05) is 0 Å².